The minimum Gasteiger partial charge on any atom is -0.309 e. The van der Waals surface area contributed by atoms with Crippen LogP contribution in [-0.4, -0.2) is 60.7 Å². The van der Waals surface area contributed by atoms with Crippen LogP contribution in [0.4, 0.5) is 5.69 Å². The summed E-state index contributed by atoms with van der Waals surface area (Å²) in [6.45, 7) is 6.61. The number of aromatic nitrogens is 1. The molecule has 0 bridgehead atoms. The van der Waals surface area contributed by atoms with Gasteiger partial charge in [0.25, 0.3) is 0 Å². The second-order valence-corrected chi connectivity index (χ2v) is 10.0. The lowest BCUT2D eigenvalue weighted by molar-refractivity contribution is -0.116. The number of amides is 1. The van der Waals surface area contributed by atoms with Crippen molar-refractivity contribution in [2.75, 3.05) is 31.1 Å². The Morgan fingerprint density at radius 2 is 2.00 bits per heavy atom. The van der Waals surface area contributed by atoms with E-state index in [0.29, 0.717) is 37.5 Å². The summed E-state index contributed by atoms with van der Waals surface area (Å²) in [5.41, 5.74) is 4.60. The summed E-state index contributed by atoms with van der Waals surface area (Å²) in [7, 11) is -3.53. The van der Waals surface area contributed by atoms with Crippen molar-refractivity contribution in [2.45, 2.75) is 37.8 Å². The molecule has 1 atom stereocenters. The number of sulfonamides is 1. The van der Waals surface area contributed by atoms with Crippen molar-refractivity contribution in [3.63, 3.8) is 0 Å². The van der Waals surface area contributed by atoms with E-state index in [0.717, 1.165) is 23.5 Å². The average Bonchev–Trinajstić information content (AvgIpc) is 3.27. The molecular weight excluding hydrogens is 396 g/mol. The van der Waals surface area contributed by atoms with Crippen molar-refractivity contribution in [1.82, 2.24) is 14.2 Å². The first-order valence-electron chi connectivity index (χ1n) is 9.38. The Morgan fingerprint density at radius 3 is 2.64 bits per heavy atom. The molecule has 4 rings (SSSR count). The predicted octanol–water partition coefficient (Wildman–Crippen LogP) is 1.95. The van der Waals surface area contributed by atoms with E-state index in [1.807, 2.05) is 17.8 Å². The van der Waals surface area contributed by atoms with Gasteiger partial charge in [-0.05, 0) is 37.1 Å². The smallest absolute Gasteiger partial charge is 0.243 e. The number of carbonyl (C=O) groups excluding carboxylic acids is 1. The van der Waals surface area contributed by atoms with Gasteiger partial charge in [0, 0.05) is 56.8 Å². The lowest BCUT2D eigenvalue weighted by Crippen LogP contribution is -2.48. The average molecular weight is 421 g/mol. The third-order valence-corrected chi connectivity index (χ3v) is 7.97. The summed E-state index contributed by atoms with van der Waals surface area (Å²) >= 11 is 1.57. The molecule has 0 unspecified atom stereocenters. The first-order chi connectivity index (χ1) is 13.4. The molecule has 9 heteroatoms. The maximum absolute atomic E-state index is 13.1. The zero-order valence-electron chi connectivity index (χ0n) is 16.0. The van der Waals surface area contributed by atoms with Gasteiger partial charge in [-0.3, -0.25) is 9.69 Å². The van der Waals surface area contributed by atoms with Gasteiger partial charge in [0.2, 0.25) is 15.9 Å². The van der Waals surface area contributed by atoms with E-state index in [1.165, 1.54) is 0 Å². The molecule has 150 valence electrons. The SMILES string of the molecule is CC(=O)N1c2ccc(S(=O)(=O)N3CCN(Cc4cscn4)CC3)cc2C[C@H]1C. The predicted molar refractivity (Wildman–Crippen MR) is 109 cm³/mol. The highest BCUT2D eigenvalue weighted by molar-refractivity contribution is 7.89. The molecule has 2 aliphatic heterocycles. The molecule has 0 aliphatic carbocycles. The van der Waals surface area contributed by atoms with Gasteiger partial charge in [-0.15, -0.1) is 11.3 Å². The van der Waals surface area contributed by atoms with Crippen LogP contribution in [0.25, 0.3) is 0 Å². The van der Waals surface area contributed by atoms with Gasteiger partial charge in [0.1, 0.15) is 0 Å². The number of anilines is 1. The molecule has 0 saturated carbocycles. The Bertz CT molecular complexity index is 967. The Kier molecular flexibility index (Phi) is 5.26. The number of nitrogens with zero attached hydrogens (tertiary/aromatic N) is 4. The molecule has 1 aromatic carbocycles. The van der Waals surface area contributed by atoms with Gasteiger partial charge in [-0.2, -0.15) is 4.31 Å². The lowest BCUT2D eigenvalue weighted by Gasteiger charge is -2.33. The first kappa shape index (κ1) is 19.5. The summed E-state index contributed by atoms with van der Waals surface area (Å²) in [5.74, 6) is -0.0157. The standard InChI is InChI=1S/C19H24N4O3S2/c1-14-9-16-10-18(3-4-19(16)23(14)15(2)24)28(25,26)22-7-5-21(6-8-22)11-17-12-27-13-20-17/h3-4,10,12-14H,5-9,11H2,1-2H3/t14-/m1/s1. The molecule has 1 amide bonds. The van der Waals surface area contributed by atoms with Gasteiger partial charge >= 0.3 is 0 Å². The number of carbonyl (C=O) groups is 1. The molecule has 1 fully saturated rings. The number of benzene rings is 1. The van der Waals surface area contributed by atoms with Crippen molar-refractivity contribution >= 4 is 33.0 Å². The van der Waals surface area contributed by atoms with Gasteiger partial charge in [0.15, 0.2) is 0 Å². The number of hydrogen-bond acceptors (Lipinski definition) is 6. The van der Waals surface area contributed by atoms with Crippen molar-refractivity contribution in [3.05, 3.63) is 40.3 Å². The van der Waals surface area contributed by atoms with Crippen LogP contribution in [0.1, 0.15) is 25.1 Å². The van der Waals surface area contributed by atoms with Crippen LogP contribution in [0.15, 0.2) is 34.0 Å². The molecule has 2 aliphatic rings. The van der Waals surface area contributed by atoms with Gasteiger partial charge in [-0.25, -0.2) is 13.4 Å². The molecule has 0 N–H and O–H groups in total. The zero-order valence-corrected chi connectivity index (χ0v) is 17.7. The van der Waals surface area contributed by atoms with E-state index in [9.17, 15) is 13.2 Å². The quantitative estimate of drug-likeness (QED) is 0.756. The summed E-state index contributed by atoms with van der Waals surface area (Å²) in [5, 5.41) is 2.03. The van der Waals surface area contributed by atoms with E-state index in [-0.39, 0.29) is 11.9 Å². The third kappa shape index (κ3) is 3.59. The molecule has 28 heavy (non-hydrogen) atoms. The van der Waals surface area contributed by atoms with Crippen molar-refractivity contribution in [1.29, 1.82) is 0 Å². The van der Waals surface area contributed by atoms with Crippen LogP contribution in [0.5, 0.6) is 0 Å². The molecule has 1 saturated heterocycles. The Hall–Kier alpha value is -1.81. The highest BCUT2D eigenvalue weighted by Crippen LogP contribution is 2.34. The fourth-order valence-corrected chi connectivity index (χ4v) is 6.09. The van der Waals surface area contributed by atoms with Crippen LogP contribution >= 0.6 is 11.3 Å². The summed E-state index contributed by atoms with van der Waals surface area (Å²) in [4.78, 5) is 20.5. The second kappa shape index (κ2) is 7.55. The largest absolute Gasteiger partial charge is 0.309 e. The zero-order chi connectivity index (χ0) is 19.9. The number of thiazole rings is 1. The first-order valence-corrected chi connectivity index (χ1v) is 11.8. The summed E-state index contributed by atoms with van der Waals surface area (Å²) in [6.07, 6.45) is 0.680. The Labute approximate surface area is 169 Å². The van der Waals surface area contributed by atoms with Crippen molar-refractivity contribution in [3.8, 4) is 0 Å². The third-order valence-electron chi connectivity index (χ3n) is 5.44. The monoisotopic (exact) mass is 420 g/mol. The Morgan fingerprint density at radius 1 is 1.25 bits per heavy atom. The second-order valence-electron chi connectivity index (χ2n) is 7.39. The Balaban J connectivity index is 1.48. The van der Waals surface area contributed by atoms with E-state index in [1.54, 1.807) is 45.7 Å². The van der Waals surface area contributed by atoms with Gasteiger partial charge in [0.05, 0.1) is 16.1 Å². The van der Waals surface area contributed by atoms with Crippen LogP contribution in [-0.2, 0) is 27.8 Å². The lowest BCUT2D eigenvalue weighted by atomic mass is 10.1. The fraction of sp³-hybridized carbons (Fsp3) is 0.474. The summed E-state index contributed by atoms with van der Waals surface area (Å²) in [6, 6.07) is 5.20. The molecule has 0 radical (unpaired) electrons. The minimum atomic E-state index is -3.53. The van der Waals surface area contributed by atoms with Crippen molar-refractivity contribution in [2.24, 2.45) is 0 Å². The van der Waals surface area contributed by atoms with Crippen LogP contribution in [0.3, 0.4) is 0 Å². The van der Waals surface area contributed by atoms with E-state index in [2.05, 4.69) is 9.88 Å². The van der Waals surface area contributed by atoms with Crippen molar-refractivity contribution < 1.29 is 13.2 Å². The number of hydrogen-bond donors (Lipinski definition) is 0. The van der Waals surface area contributed by atoms with Crippen LogP contribution in [0.2, 0.25) is 0 Å². The molecular formula is C19H24N4O3S2. The number of rotatable bonds is 4. The molecule has 7 nitrogen and oxygen atoms in total. The number of piperazine rings is 1. The maximum Gasteiger partial charge on any atom is 0.243 e. The van der Waals surface area contributed by atoms with E-state index >= 15 is 0 Å². The molecule has 0 spiro atoms. The maximum atomic E-state index is 13.1. The molecule has 1 aromatic heterocycles. The topological polar surface area (TPSA) is 73.8 Å². The van der Waals surface area contributed by atoms with Gasteiger partial charge in [-0.1, -0.05) is 0 Å². The van der Waals surface area contributed by atoms with Gasteiger partial charge < -0.3 is 4.90 Å². The number of fused-ring (bicyclic) bond motifs is 1. The highest BCUT2D eigenvalue weighted by Gasteiger charge is 2.33. The molecule has 3 heterocycles. The van der Waals surface area contributed by atoms with E-state index < -0.39 is 10.0 Å². The molecule has 2 aromatic rings. The minimum absolute atomic E-state index is 0.0157. The van der Waals surface area contributed by atoms with Crippen LogP contribution in [0, 0.1) is 0 Å². The highest BCUT2D eigenvalue weighted by atomic mass is 32.2. The fourth-order valence-electron chi connectivity index (χ4n) is 4.07. The van der Waals surface area contributed by atoms with E-state index in [4.69, 9.17) is 0 Å². The van der Waals surface area contributed by atoms with Crippen LogP contribution < -0.4 is 4.90 Å². The normalized spacial score (nSPS) is 21.1. The summed E-state index contributed by atoms with van der Waals surface area (Å²) < 4.78 is 27.8.